The van der Waals surface area contributed by atoms with Crippen LogP contribution in [0.25, 0.3) is 0 Å². The fourth-order valence-electron chi connectivity index (χ4n) is 2.96. The van der Waals surface area contributed by atoms with Gasteiger partial charge in [-0.1, -0.05) is 0 Å². The van der Waals surface area contributed by atoms with Crippen LogP contribution in [0.3, 0.4) is 0 Å². The van der Waals surface area contributed by atoms with Gasteiger partial charge in [-0.15, -0.1) is 0 Å². The van der Waals surface area contributed by atoms with E-state index in [-0.39, 0.29) is 17.9 Å². The standard InChI is InChI=1S/C17H23N3O4/c1-12(17(22)20-7-5-19(6-8-20)13(2)21)18-14-3-4-15-16(11-14)24-10-9-23-15/h3-4,11-12,18H,5-10H2,1-2H3/t12-/m1/s1. The summed E-state index contributed by atoms with van der Waals surface area (Å²) in [6, 6.07) is 5.23. The first-order chi connectivity index (χ1) is 11.5. The molecule has 1 saturated heterocycles. The lowest BCUT2D eigenvalue weighted by atomic mass is 10.2. The molecule has 0 saturated carbocycles. The number of nitrogens with one attached hydrogen (secondary N) is 1. The first-order valence-corrected chi connectivity index (χ1v) is 8.25. The Hall–Kier alpha value is -2.44. The lowest BCUT2D eigenvalue weighted by molar-refractivity contribution is -0.138. The zero-order valence-corrected chi connectivity index (χ0v) is 14.1. The first-order valence-electron chi connectivity index (χ1n) is 8.25. The van der Waals surface area contributed by atoms with Crippen molar-refractivity contribution in [1.29, 1.82) is 0 Å². The average molecular weight is 333 g/mol. The normalized spacial score (nSPS) is 18.1. The Labute approximate surface area is 141 Å². The summed E-state index contributed by atoms with van der Waals surface area (Å²) in [7, 11) is 0. The number of benzene rings is 1. The number of carbonyl (C=O) groups is 2. The van der Waals surface area contributed by atoms with Crippen LogP contribution in [-0.4, -0.2) is 67.0 Å². The molecule has 3 rings (SSSR count). The number of carbonyl (C=O) groups excluding carboxylic acids is 2. The molecule has 2 heterocycles. The molecule has 2 amide bonds. The zero-order chi connectivity index (χ0) is 17.1. The van der Waals surface area contributed by atoms with Crippen molar-refractivity contribution in [1.82, 2.24) is 9.80 Å². The molecule has 2 aliphatic heterocycles. The summed E-state index contributed by atoms with van der Waals surface area (Å²) in [5, 5.41) is 3.22. The van der Waals surface area contributed by atoms with Crippen LogP contribution >= 0.6 is 0 Å². The molecule has 130 valence electrons. The highest BCUT2D eigenvalue weighted by molar-refractivity contribution is 5.85. The molecule has 7 nitrogen and oxygen atoms in total. The molecule has 24 heavy (non-hydrogen) atoms. The molecular weight excluding hydrogens is 310 g/mol. The summed E-state index contributed by atoms with van der Waals surface area (Å²) in [5.74, 6) is 1.52. The van der Waals surface area contributed by atoms with E-state index in [1.807, 2.05) is 25.1 Å². The van der Waals surface area contributed by atoms with Gasteiger partial charge in [-0.2, -0.15) is 0 Å². The quantitative estimate of drug-likeness (QED) is 0.892. The Bertz CT molecular complexity index is 626. The molecule has 1 N–H and O–H groups in total. The van der Waals surface area contributed by atoms with Gasteiger partial charge in [0.1, 0.15) is 19.3 Å². The van der Waals surface area contributed by atoms with Gasteiger partial charge in [0, 0.05) is 44.9 Å². The first kappa shape index (κ1) is 16.4. The topological polar surface area (TPSA) is 71.1 Å². The zero-order valence-electron chi connectivity index (χ0n) is 14.1. The lowest BCUT2D eigenvalue weighted by Gasteiger charge is -2.35. The number of fused-ring (bicyclic) bond motifs is 1. The van der Waals surface area contributed by atoms with Gasteiger partial charge >= 0.3 is 0 Å². The van der Waals surface area contributed by atoms with Gasteiger partial charge < -0.3 is 24.6 Å². The maximum Gasteiger partial charge on any atom is 0.244 e. The smallest absolute Gasteiger partial charge is 0.244 e. The summed E-state index contributed by atoms with van der Waals surface area (Å²) in [6.07, 6.45) is 0. The molecule has 0 radical (unpaired) electrons. The number of nitrogens with zero attached hydrogens (tertiary/aromatic N) is 2. The molecule has 1 fully saturated rings. The maximum atomic E-state index is 12.6. The molecule has 7 heteroatoms. The predicted molar refractivity (Wildman–Crippen MR) is 89.4 cm³/mol. The van der Waals surface area contributed by atoms with Crippen LogP contribution < -0.4 is 14.8 Å². The van der Waals surface area contributed by atoms with Crippen LogP contribution in [0.2, 0.25) is 0 Å². The summed E-state index contributed by atoms with van der Waals surface area (Å²) in [6.45, 7) is 6.83. The van der Waals surface area contributed by atoms with Crippen molar-refractivity contribution in [3.63, 3.8) is 0 Å². The van der Waals surface area contributed by atoms with E-state index in [0.717, 1.165) is 11.4 Å². The second-order valence-corrected chi connectivity index (χ2v) is 6.06. The largest absolute Gasteiger partial charge is 0.486 e. The van der Waals surface area contributed by atoms with E-state index in [1.165, 1.54) is 0 Å². The van der Waals surface area contributed by atoms with Crippen LogP contribution in [0.15, 0.2) is 18.2 Å². The molecule has 0 spiro atoms. The number of anilines is 1. The van der Waals surface area contributed by atoms with Crippen LogP contribution in [0.1, 0.15) is 13.8 Å². The minimum Gasteiger partial charge on any atom is -0.486 e. The molecule has 0 aliphatic carbocycles. The maximum absolute atomic E-state index is 12.6. The van der Waals surface area contributed by atoms with Gasteiger partial charge in [0.2, 0.25) is 11.8 Å². The van der Waals surface area contributed by atoms with E-state index in [1.54, 1.807) is 16.7 Å². The summed E-state index contributed by atoms with van der Waals surface area (Å²) in [4.78, 5) is 27.5. The number of piperazine rings is 1. The van der Waals surface area contributed by atoms with E-state index in [0.29, 0.717) is 45.1 Å². The molecule has 1 atom stereocenters. The van der Waals surface area contributed by atoms with Crippen molar-refractivity contribution < 1.29 is 19.1 Å². The van der Waals surface area contributed by atoms with Gasteiger partial charge in [0.25, 0.3) is 0 Å². The molecule has 0 bridgehead atoms. The number of rotatable bonds is 3. The van der Waals surface area contributed by atoms with E-state index in [4.69, 9.17) is 9.47 Å². The van der Waals surface area contributed by atoms with Crippen molar-refractivity contribution in [2.45, 2.75) is 19.9 Å². The van der Waals surface area contributed by atoms with Crippen LogP contribution in [-0.2, 0) is 9.59 Å². The third-order valence-corrected chi connectivity index (χ3v) is 4.33. The Morgan fingerprint density at radius 2 is 1.67 bits per heavy atom. The highest BCUT2D eigenvalue weighted by Gasteiger charge is 2.26. The molecule has 2 aliphatic rings. The van der Waals surface area contributed by atoms with Gasteiger partial charge in [0.15, 0.2) is 11.5 Å². The third kappa shape index (κ3) is 3.55. The summed E-state index contributed by atoms with van der Waals surface area (Å²) in [5.41, 5.74) is 0.822. The van der Waals surface area contributed by atoms with Gasteiger partial charge in [-0.25, -0.2) is 0 Å². The third-order valence-electron chi connectivity index (χ3n) is 4.33. The van der Waals surface area contributed by atoms with E-state index < -0.39 is 0 Å². The highest BCUT2D eigenvalue weighted by atomic mass is 16.6. The minimum absolute atomic E-state index is 0.0353. The predicted octanol–water partition coefficient (Wildman–Crippen LogP) is 0.949. The molecule has 0 unspecified atom stereocenters. The molecule has 0 aromatic heterocycles. The molecular formula is C17H23N3O4. The van der Waals surface area contributed by atoms with Crippen molar-refractivity contribution >= 4 is 17.5 Å². The van der Waals surface area contributed by atoms with Crippen LogP contribution in [0, 0.1) is 0 Å². The fraction of sp³-hybridized carbons (Fsp3) is 0.529. The summed E-state index contributed by atoms with van der Waals surface area (Å²) < 4.78 is 11.1. The van der Waals surface area contributed by atoms with Gasteiger partial charge in [-0.3, -0.25) is 9.59 Å². The Morgan fingerprint density at radius 3 is 2.33 bits per heavy atom. The number of hydrogen-bond donors (Lipinski definition) is 1. The van der Waals surface area contributed by atoms with Gasteiger partial charge in [0.05, 0.1) is 0 Å². The van der Waals surface area contributed by atoms with Crippen LogP contribution in [0.5, 0.6) is 11.5 Å². The number of hydrogen-bond acceptors (Lipinski definition) is 5. The van der Waals surface area contributed by atoms with E-state index in [2.05, 4.69) is 5.32 Å². The minimum atomic E-state index is -0.351. The molecule has 1 aromatic rings. The van der Waals surface area contributed by atoms with Crippen molar-refractivity contribution in [3.05, 3.63) is 18.2 Å². The van der Waals surface area contributed by atoms with Crippen molar-refractivity contribution in [3.8, 4) is 11.5 Å². The highest BCUT2D eigenvalue weighted by Crippen LogP contribution is 2.32. The molecule has 1 aromatic carbocycles. The van der Waals surface area contributed by atoms with Gasteiger partial charge in [-0.05, 0) is 19.1 Å². The lowest BCUT2D eigenvalue weighted by Crippen LogP contribution is -2.53. The Balaban J connectivity index is 1.57. The van der Waals surface area contributed by atoms with E-state index >= 15 is 0 Å². The summed E-state index contributed by atoms with van der Waals surface area (Å²) >= 11 is 0. The van der Waals surface area contributed by atoms with Crippen LogP contribution in [0.4, 0.5) is 5.69 Å². The second kappa shape index (κ2) is 6.98. The number of ether oxygens (including phenoxy) is 2. The fourth-order valence-corrected chi connectivity index (χ4v) is 2.96. The Kier molecular flexibility index (Phi) is 4.78. The van der Waals surface area contributed by atoms with Crippen molar-refractivity contribution in [2.24, 2.45) is 0 Å². The SMILES string of the molecule is CC(=O)N1CCN(C(=O)[C@@H](C)Nc2ccc3c(c2)OCCO3)CC1. The Morgan fingerprint density at radius 1 is 1.04 bits per heavy atom. The average Bonchev–Trinajstić information content (AvgIpc) is 2.61. The monoisotopic (exact) mass is 333 g/mol. The van der Waals surface area contributed by atoms with E-state index in [9.17, 15) is 9.59 Å². The number of amides is 2. The second-order valence-electron chi connectivity index (χ2n) is 6.06. The van der Waals surface area contributed by atoms with Crippen molar-refractivity contribution in [2.75, 3.05) is 44.7 Å².